The first-order chi connectivity index (χ1) is 15.3. The summed E-state index contributed by atoms with van der Waals surface area (Å²) in [5.74, 6) is 3.42. The number of hydrogen-bond donors (Lipinski definition) is 0. The molecule has 2 aliphatic heterocycles. The molecule has 0 saturated heterocycles. The number of aryl methyl sites for hydroxylation is 1. The van der Waals surface area contributed by atoms with Gasteiger partial charge in [0, 0.05) is 17.2 Å². The Morgan fingerprint density at radius 3 is 2.18 bits per heavy atom. The summed E-state index contributed by atoms with van der Waals surface area (Å²) in [6.45, 7) is 18.3. The van der Waals surface area contributed by atoms with Crippen molar-refractivity contribution >= 4 is 23.1 Å². The first-order valence-corrected chi connectivity index (χ1v) is 12.1. The first kappa shape index (κ1) is 20.8. The van der Waals surface area contributed by atoms with Crippen molar-refractivity contribution in [3.8, 4) is 23.1 Å². The largest absolute Gasteiger partial charge is 0.458 e. The van der Waals surface area contributed by atoms with Crippen molar-refractivity contribution < 1.29 is 9.47 Å². The van der Waals surface area contributed by atoms with Crippen molar-refractivity contribution in [2.45, 2.75) is 78.1 Å². The Labute approximate surface area is 197 Å². The smallest absolute Gasteiger partial charge is 0.262 e. The van der Waals surface area contributed by atoms with E-state index in [2.05, 4.69) is 78.8 Å². The van der Waals surface area contributed by atoms with E-state index in [1.165, 1.54) is 27.6 Å². The second-order valence-corrected chi connectivity index (χ2v) is 12.5. The molecule has 6 rings (SSSR count). The molecule has 168 valence electrons. The Hall–Kier alpha value is -2.75. The van der Waals surface area contributed by atoms with Crippen LogP contribution >= 0.6 is 0 Å². The van der Waals surface area contributed by atoms with Gasteiger partial charge < -0.3 is 9.47 Å². The van der Waals surface area contributed by atoms with Gasteiger partial charge in [0.2, 0.25) is 5.88 Å². The topological polar surface area (TPSA) is 31.4 Å². The van der Waals surface area contributed by atoms with Gasteiger partial charge in [0.25, 0.3) is 6.71 Å². The quantitative estimate of drug-likeness (QED) is 0.305. The molecule has 0 atom stereocenters. The number of pyridine rings is 1. The van der Waals surface area contributed by atoms with Gasteiger partial charge in [0.1, 0.15) is 17.2 Å². The summed E-state index contributed by atoms with van der Waals surface area (Å²) >= 11 is 0. The maximum Gasteiger partial charge on any atom is 0.262 e. The van der Waals surface area contributed by atoms with Gasteiger partial charge in [-0.3, -0.25) is 0 Å². The Balaban J connectivity index is 1.65. The molecule has 3 aliphatic rings. The van der Waals surface area contributed by atoms with Crippen LogP contribution in [-0.2, 0) is 16.2 Å². The van der Waals surface area contributed by atoms with Gasteiger partial charge in [-0.25, -0.2) is 4.98 Å². The van der Waals surface area contributed by atoms with E-state index in [1.54, 1.807) is 0 Å². The highest BCUT2D eigenvalue weighted by Gasteiger charge is 2.47. The molecule has 0 radical (unpaired) electrons. The molecule has 0 amide bonds. The van der Waals surface area contributed by atoms with Crippen molar-refractivity contribution in [1.29, 1.82) is 0 Å². The van der Waals surface area contributed by atoms with Crippen molar-refractivity contribution in [2.24, 2.45) is 0 Å². The SMILES string of the molecule is Cc1cc2c3c(n1)Oc1cc4c(cc1B3c1cc(C(C)(C)C)ccc1O2)C(C)(C)CC4(C)C. The molecule has 0 saturated carbocycles. The van der Waals surface area contributed by atoms with E-state index in [-0.39, 0.29) is 23.0 Å². The fourth-order valence-corrected chi connectivity index (χ4v) is 6.41. The highest BCUT2D eigenvalue weighted by atomic mass is 16.5. The van der Waals surface area contributed by atoms with Crippen molar-refractivity contribution in [1.82, 2.24) is 4.98 Å². The Bertz CT molecular complexity index is 1350. The third-order valence-electron chi connectivity index (χ3n) is 7.82. The predicted octanol–water partition coefficient (Wildman–Crippen LogP) is 5.37. The monoisotopic (exact) mass is 437 g/mol. The van der Waals surface area contributed by atoms with Crippen LogP contribution in [0.4, 0.5) is 0 Å². The number of nitrogens with zero attached hydrogens (tertiary/aromatic N) is 1. The van der Waals surface area contributed by atoms with Crippen LogP contribution in [0.2, 0.25) is 0 Å². The van der Waals surface area contributed by atoms with Gasteiger partial charge in [0.05, 0.1) is 0 Å². The molecule has 0 fully saturated rings. The second kappa shape index (κ2) is 6.22. The summed E-state index contributed by atoms with van der Waals surface area (Å²) in [5, 5.41) is 0. The number of benzene rings is 2. The fraction of sp³-hybridized carbons (Fsp3) is 0.414. The summed E-state index contributed by atoms with van der Waals surface area (Å²) in [6, 6.07) is 13.5. The van der Waals surface area contributed by atoms with E-state index in [4.69, 9.17) is 14.5 Å². The van der Waals surface area contributed by atoms with Crippen LogP contribution < -0.4 is 25.9 Å². The lowest BCUT2D eigenvalue weighted by molar-refractivity contribution is 0.402. The van der Waals surface area contributed by atoms with Gasteiger partial charge in [0.15, 0.2) is 0 Å². The van der Waals surface area contributed by atoms with E-state index in [0.717, 1.165) is 34.8 Å². The lowest BCUT2D eigenvalue weighted by Crippen LogP contribution is -2.58. The minimum absolute atomic E-state index is 0.0572. The average Bonchev–Trinajstić information content (AvgIpc) is 2.88. The maximum absolute atomic E-state index is 6.51. The van der Waals surface area contributed by atoms with Gasteiger partial charge in [-0.2, -0.15) is 0 Å². The molecule has 3 nitrogen and oxygen atoms in total. The van der Waals surface area contributed by atoms with Crippen LogP contribution in [0.15, 0.2) is 36.4 Å². The standard InChI is InChI=1S/C29H32BNO2/c1-16-11-24-25-26(31-16)33-23-14-19-18(28(5,6)15-29(19,7)8)13-21(23)30(25)20-12-17(27(2,3)4)9-10-22(20)32-24/h9-14H,15H2,1-8H3. The van der Waals surface area contributed by atoms with Crippen LogP contribution in [0.25, 0.3) is 0 Å². The van der Waals surface area contributed by atoms with E-state index < -0.39 is 0 Å². The normalized spacial score (nSPS) is 18.5. The summed E-state index contributed by atoms with van der Waals surface area (Å²) < 4.78 is 12.9. The van der Waals surface area contributed by atoms with Crippen molar-refractivity contribution in [2.75, 3.05) is 0 Å². The molecular weight excluding hydrogens is 405 g/mol. The van der Waals surface area contributed by atoms with Crippen LogP contribution in [0, 0.1) is 6.92 Å². The number of ether oxygens (including phenoxy) is 2. The number of aromatic nitrogens is 1. The zero-order chi connectivity index (χ0) is 23.5. The Kier molecular flexibility index (Phi) is 3.93. The number of fused-ring (bicyclic) bond motifs is 5. The number of hydrogen-bond acceptors (Lipinski definition) is 3. The summed E-state index contributed by atoms with van der Waals surface area (Å²) in [5.41, 5.74) is 8.87. The van der Waals surface area contributed by atoms with Crippen molar-refractivity contribution in [3.63, 3.8) is 0 Å². The molecule has 1 aliphatic carbocycles. The molecule has 0 unspecified atom stereocenters. The Morgan fingerprint density at radius 1 is 0.818 bits per heavy atom. The minimum atomic E-state index is 0.0572. The molecule has 0 N–H and O–H groups in total. The van der Waals surface area contributed by atoms with Gasteiger partial charge in [-0.05, 0) is 69.3 Å². The molecule has 1 aromatic heterocycles. The van der Waals surface area contributed by atoms with E-state index >= 15 is 0 Å². The van der Waals surface area contributed by atoms with Crippen LogP contribution in [0.3, 0.4) is 0 Å². The maximum atomic E-state index is 6.51. The Morgan fingerprint density at radius 2 is 1.48 bits per heavy atom. The highest BCUT2D eigenvalue weighted by Crippen LogP contribution is 2.50. The summed E-state index contributed by atoms with van der Waals surface area (Å²) in [4.78, 5) is 4.81. The molecule has 0 spiro atoms. The molecular formula is C29H32BNO2. The first-order valence-electron chi connectivity index (χ1n) is 12.1. The zero-order valence-corrected chi connectivity index (χ0v) is 21.0. The molecule has 2 aromatic carbocycles. The van der Waals surface area contributed by atoms with Crippen LogP contribution in [0.1, 0.15) is 77.3 Å². The number of rotatable bonds is 0. The van der Waals surface area contributed by atoms with Gasteiger partial charge >= 0.3 is 0 Å². The predicted molar refractivity (Wildman–Crippen MR) is 136 cm³/mol. The van der Waals surface area contributed by atoms with E-state index in [1.807, 2.05) is 13.0 Å². The third kappa shape index (κ3) is 2.92. The molecule has 3 aromatic rings. The molecule has 33 heavy (non-hydrogen) atoms. The lowest BCUT2D eigenvalue weighted by atomic mass is 9.34. The zero-order valence-electron chi connectivity index (χ0n) is 21.0. The average molecular weight is 437 g/mol. The van der Waals surface area contributed by atoms with Gasteiger partial charge in [-0.15, -0.1) is 0 Å². The fourth-order valence-electron chi connectivity index (χ4n) is 6.41. The molecule has 4 heteroatoms. The van der Waals surface area contributed by atoms with Crippen LogP contribution in [-0.4, -0.2) is 11.7 Å². The van der Waals surface area contributed by atoms with Gasteiger partial charge in [-0.1, -0.05) is 66.7 Å². The second-order valence-electron chi connectivity index (χ2n) is 12.5. The summed E-state index contributed by atoms with van der Waals surface area (Å²) in [6.07, 6.45) is 1.13. The summed E-state index contributed by atoms with van der Waals surface area (Å²) in [7, 11) is 0. The third-order valence-corrected chi connectivity index (χ3v) is 7.82. The van der Waals surface area contributed by atoms with Crippen molar-refractivity contribution in [3.05, 3.63) is 58.8 Å². The lowest BCUT2D eigenvalue weighted by Gasteiger charge is -2.34. The minimum Gasteiger partial charge on any atom is -0.458 e. The van der Waals surface area contributed by atoms with E-state index in [9.17, 15) is 0 Å². The van der Waals surface area contributed by atoms with E-state index in [0.29, 0.717) is 5.88 Å². The molecule has 0 bridgehead atoms. The van der Waals surface area contributed by atoms with Crippen LogP contribution in [0.5, 0.6) is 23.1 Å². The highest BCUT2D eigenvalue weighted by molar-refractivity contribution is 6.98. The molecule has 3 heterocycles.